The van der Waals surface area contributed by atoms with Crippen LogP contribution in [0.15, 0.2) is 0 Å². The summed E-state index contributed by atoms with van der Waals surface area (Å²) in [5.41, 5.74) is 0. The van der Waals surface area contributed by atoms with Crippen LogP contribution in [-0.4, -0.2) is 12.9 Å². The molecule has 0 bridgehead atoms. The first-order valence-electron chi connectivity index (χ1n) is 6.47. The van der Waals surface area contributed by atoms with Crippen molar-refractivity contribution in [3.8, 4) is 0 Å². The van der Waals surface area contributed by atoms with Gasteiger partial charge in [-0.3, -0.25) is 0 Å². The molecule has 0 heterocycles. The molecule has 0 aromatic heterocycles. The van der Waals surface area contributed by atoms with E-state index in [0.717, 1.165) is 12.8 Å². The number of hydrogen-bond acceptors (Lipinski definition) is 0. The monoisotopic (exact) mass is 791 g/mol. The van der Waals surface area contributed by atoms with E-state index in [1.54, 1.807) is 0 Å². The molecule has 1 aliphatic carbocycles. The maximum atomic E-state index is 3.87. The van der Waals surface area contributed by atoms with Gasteiger partial charge in [0.1, 0.15) is 12.9 Å². The number of halogens is 8. The Labute approximate surface area is 189 Å². The minimum absolute atomic E-state index is 0.286. The molecule has 0 aromatic rings. The molecule has 0 unspecified atom stereocenters. The summed E-state index contributed by atoms with van der Waals surface area (Å²) >= 11 is 30.9. The normalized spacial score (nSPS) is 30.0. The van der Waals surface area contributed by atoms with E-state index in [0.29, 0.717) is 0 Å². The van der Waals surface area contributed by atoms with Gasteiger partial charge in [0.15, 0.2) is 0 Å². The lowest BCUT2D eigenvalue weighted by Gasteiger charge is -2.49. The zero-order valence-electron chi connectivity index (χ0n) is 10.7. The highest BCUT2D eigenvalue weighted by atomic mass is 79.9. The molecule has 0 aliphatic heterocycles. The summed E-state index contributed by atoms with van der Waals surface area (Å²) in [4.78, 5) is 0. The Balaban J connectivity index is 3.10. The summed E-state index contributed by atoms with van der Waals surface area (Å²) in [7, 11) is 0. The molecule has 120 valence electrons. The standard InChI is InChI=1S/C12H16Br8/c13-9(14)7-5-3-1-2-4-6-8-10(15,16)12(19,20)11(9,17)18/h1-8H2. The zero-order valence-corrected chi connectivity index (χ0v) is 23.4. The van der Waals surface area contributed by atoms with E-state index in [-0.39, 0.29) is 6.47 Å². The van der Waals surface area contributed by atoms with Crippen molar-refractivity contribution in [2.75, 3.05) is 0 Å². The van der Waals surface area contributed by atoms with E-state index < -0.39 is 6.47 Å². The molecule has 1 saturated carbocycles. The summed E-state index contributed by atoms with van der Waals surface area (Å²) in [6.07, 6.45) is 9.59. The Morgan fingerprint density at radius 2 is 0.650 bits per heavy atom. The Morgan fingerprint density at radius 1 is 0.400 bits per heavy atom. The molecule has 0 nitrogen and oxygen atoms in total. The molecule has 20 heavy (non-hydrogen) atoms. The molecule has 8 heteroatoms. The molecular formula is C12H16Br8. The van der Waals surface area contributed by atoms with Crippen molar-refractivity contribution in [2.24, 2.45) is 0 Å². The zero-order chi connectivity index (χ0) is 15.7. The summed E-state index contributed by atoms with van der Waals surface area (Å²) in [6.45, 7) is 0. The van der Waals surface area contributed by atoms with Gasteiger partial charge in [0, 0.05) is 0 Å². The Hall–Kier alpha value is 3.84. The van der Waals surface area contributed by atoms with Crippen LogP contribution < -0.4 is 0 Å². The fourth-order valence-electron chi connectivity index (χ4n) is 2.17. The van der Waals surface area contributed by atoms with Gasteiger partial charge in [-0.1, -0.05) is 166 Å². The summed E-state index contributed by atoms with van der Waals surface area (Å²) in [6, 6.07) is 0. The van der Waals surface area contributed by atoms with E-state index >= 15 is 0 Å². The van der Waals surface area contributed by atoms with Crippen molar-refractivity contribution in [2.45, 2.75) is 64.3 Å². The average Bonchev–Trinajstić information content (AvgIpc) is 2.30. The molecule has 0 N–H and O–H groups in total. The SMILES string of the molecule is BrC1(Br)CCCCCCCCC(Br)(Br)C(Br)(Br)C1(Br)Br. The first-order chi connectivity index (χ1) is 8.96. The molecular weight excluding hydrogens is 783 g/mol. The Morgan fingerprint density at radius 3 is 0.950 bits per heavy atom. The predicted molar refractivity (Wildman–Crippen MR) is 119 cm³/mol. The van der Waals surface area contributed by atoms with Gasteiger partial charge in [-0.2, -0.15) is 0 Å². The van der Waals surface area contributed by atoms with Crippen molar-refractivity contribution >= 4 is 127 Å². The van der Waals surface area contributed by atoms with Crippen molar-refractivity contribution in [1.82, 2.24) is 0 Å². The molecule has 0 radical (unpaired) electrons. The second-order valence-electron chi connectivity index (χ2n) is 5.18. The highest BCUT2D eigenvalue weighted by Gasteiger charge is 2.64. The Bertz CT molecular complexity index is 291. The van der Waals surface area contributed by atoms with E-state index in [9.17, 15) is 0 Å². The van der Waals surface area contributed by atoms with Gasteiger partial charge < -0.3 is 0 Å². The number of rotatable bonds is 0. The van der Waals surface area contributed by atoms with Gasteiger partial charge in [0.25, 0.3) is 0 Å². The lowest BCUT2D eigenvalue weighted by molar-refractivity contribution is 0.501. The molecule has 0 spiro atoms. The second kappa shape index (κ2) is 8.48. The van der Waals surface area contributed by atoms with Crippen molar-refractivity contribution < 1.29 is 0 Å². The summed E-state index contributed by atoms with van der Waals surface area (Å²) in [5.74, 6) is 0. The minimum Gasteiger partial charge on any atom is -0.0701 e. The highest BCUT2D eigenvalue weighted by molar-refractivity contribution is 9.34. The van der Waals surface area contributed by atoms with Crippen LogP contribution in [-0.2, 0) is 0 Å². The van der Waals surface area contributed by atoms with E-state index in [2.05, 4.69) is 127 Å². The summed E-state index contributed by atoms with van der Waals surface area (Å²) in [5, 5.41) is 0. The topological polar surface area (TPSA) is 0 Å². The first kappa shape index (κ1) is 21.9. The van der Waals surface area contributed by atoms with Crippen LogP contribution in [0.25, 0.3) is 0 Å². The molecule has 0 atom stereocenters. The third-order valence-corrected chi connectivity index (χ3v) is 19.0. The van der Waals surface area contributed by atoms with Crippen molar-refractivity contribution in [3.63, 3.8) is 0 Å². The van der Waals surface area contributed by atoms with Crippen LogP contribution in [0.4, 0.5) is 0 Å². The van der Waals surface area contributed by atoms with Crippen LogP contribution in [0.3, 0.4) is 0 Å². The first-order valence-corrected chi connectivity index (χ1v) is 12.8. The highest BCUT2D eigenvalue weighted by Crippen LogP contribution is 2.68. The van der Waals surface area contributed by atoms with Crippen LogP contribution in [0, 0.1) is 0 Å². The lowest BCUT2D eigenvalue weighted by atomic mass is 10.0. The van der Waals surface area contributed by atoms with Gasteiger partial charge in [0.05, 0.1) is 0 Å². The Kier molecular flexibility index (Phi) is 9.28. The van der Waals surface area contributed by atoms with Crippen LogP contribution in [0.1, 0.15) is 51.4 Å². The largest absolute Gasteiger partial charge is 0.133 e. The molecule has 1 aliphatic rings. The number of hydrogen-bond donors (Lipinski definition) is 0. The van der Waals surface area contributed by atoms with Crippen LogP contribution in [0.5, 0.6) is 0 Å². The van der Waals surface area contributed by atoms with Crippen LogP contribution >= 0.6 is 127 Å². The third kappa shape index (κ3) is 4.94. The van der Waals surface area contributed by atoms with Gasteiger partial charge in [-0.05, 0) is 12.8 Å². The maximum Gasteiger partial charge on any atom is 0.133 e. The molecule has 0 aromatic carbocycles. The smallest absolute Gasteiger partial charge is 0.0701 e. The van der Waals surface area contributed by atoms with Crippen LogP contribution in [0.2, 0.25) is 0 Å². The van der Waals surface area contributed by atoms with Crippen molar-refractivity contribution in [3.05, 3.63) is 0 Å². The summed E-state index contributed by atoms with van der Waals surface area (Å²) < 4.78 is -1.48. The average molecular weight is 799 g/mol. The quantitative estimate of drug-likeness (QED) is 0.215. The third-order valence-electron chi connectivity index (χ3n) is 3.54. The second-order valence-corrected chi connectivity index (χ2v) is 19.6. The molecule has 0 amide bonds. The van der Waals surface area contributed by atoms with Gasteiger partial charge >= 0.3 is 0 Å². The minimum atomic E-state index is -0.452. The van der Waals surface area contributed by atoms with E-state index in [1.165, 1.54) is 38.5 Å². The van der Waals surface area contributed by atoms with Gasteiger partial charge in [-0.15, -0.1) is 0 Å². The molecule has 0 saturated heterocycles. The predicted octanol–water partition coefficient (Wildman–Crippen LogP) is 9.07. The van der Waals surface area contributed by atoms with Gasteiger partial charge in [-0.25, -0.2) is 0 Å². The lowest BCUT2D eigenvalue weighted by Crippen LogP contribution is -2.55. The van der Waals surface area contributed by atoms with Gasteiger partial charge in [0.2, 0.25) is 0 Å². The van der Waals surface area contributed by atoms with Crippen molar-refractivity contribution in [1.29, 1.82) is 0 Å². The number of alkyl halides is 8. The fourth-order valence-corrected chi connectivity index (χ4v) is 8.76. The molecule has 1 rings (SSSR count). The van der Waals surface area contributed by atoms with E-state index in [4.69, 9.17) is 0 Å². The maximum absolute atomic E-state index is 3.87. The molecule has 1 fully saturated rings. The van der Waals surface area contributed by atoms with E-state index in [1.807, 2.05) is 0 Å². The fraction of sp³-hybridized carbons (Fsp3) is 1.00.